The molecule has 2 rings (SSSR count). The number of hydrogen-bond donors (Lipinski definition) is 5. The van der Waals surface area contributed by atoms with Gasteiger partial charge in [-0.25, -0.2) is 9.59 Å². The predicted octanol–water partition coefficient (Wildman–Crippen LogP) is 1.41. The number of hydrogen-bond acceptors (Lipinski definition) is 7. The van der Waals surface area contributed by atoms with Gasteiger partial charge in [0.05, 0.1) is 0 Å². The van der Waals surface area contributed by atoms with Gasteiger partial charge in [-0.05, 0) is 41.5 Å². The number of ether oxygens (including phenoxy) is 1. The predicted molar refractivity (Wildman–Crippen MR) is 89.9 cm³/mol. The van der Waals surface area contributed by atoms with E-state index in [4.69, 9.17) is 9.84 Å². The molecule has 0 fully saturated rings. The summed E-state index contributed by atoms with van der Waals surface area (Å²) < 4.78 is 4.96. The maximum absolute atomic E-state index is 11.8. The van der Waals surface area contributed by atoms with Gasteiger partial charge in [0, 0.05) is 12.5 Å². The normalized spacial score (nSPS) is 12.0. The Labute approximate surface area is 147 Å². The summed E-state index contributed by atoms with van der Waals surface area (Å²) in [5, 5.41) is 46.4. The second kappa shape index (κ2) is 8.04. The number of phenolic OH excluding ortho intramolecular Hbond substituents is 3. The van der Waals surface area contributed by atoms with Crippen LogP contribution in [0.25, 0.3) is 6.08 Å². The Morgan fingerprint density at radius 3 is 2.35 bits per heavy atom. The molecule has 0 aromatic heterocycles. The minimum atomic E-state index is -1.60. The van der Waals surface area contributed by atoms with Crippen molar-refractivity contribution in [3.05, 3.63) is 53.6 Å². The number of carbonyl (C=O) groups is 2. The number of benzene rings is 2. The van der Waals surface area contributed by atoms with Gasteiger partial charge < -0.3 is 30.3 Å². The minimum absolute atomic E-state index is 0.137. The fourth-order valence-corrected chi connectivity index (χ4v) is 2.04. The topological polar surface area (TPSA) is 145 Å². The molecular weight excluding hydrogens is 344 g/mol. The summed E-state index contributed by atoms with van der Waals surface area (Å²) in [7, 11) is 0. The van der Waals surface area contributed by atoms with E-state index in [1.54, 1.807) is 0 Å². The molecule has 0 aliphatic heterocycles. The number of aliphatic hydroxyl groups is 1. The third kappa shape index (κ3) is 4.99. The van der Waals surface area contributed by atoms with Gasteiger partial charge >= 0.3 is 11.9 Å². The molecule has 8 heteroatoms. The van der Waals surface area contributed by atoms with Crippen molar-refractivity contribution in [1.82, 2.24) is 0 Å². The first-order valence-corrected chi connectivity index (χ1v) is 7.41. The first-order valence-electron chi connectivity index (χ1n) is 7.41. The van der Waals surface area contributed by atoms with Crippen molar-refractivity contribution in [2.24, 2.45) is 0 Å². The van der Waals surface area contributed by atoms with Crippen molar-refractivity contribution in [3.8, 4) is 23.0 Å². The molecule has 0 spiro atoms. The molecule has 0 aliphatic rings. The van der Waals surface area contributed by atoms with Crippen LogP contribution in [0.15, 0.2) is 42.5 Å². The number of aliphatic hydroxyl groups excluding tert-OH is 1. The molecule has 0 bridgehead atoms. The molecule has 0 aliphatic carbocycles. The van der Waals surface area contributed by atoms with Gasteiger partial charge in [0.15, 0.2) is 29.1 Å². The van der Waals surface area contributed by atoms with Crippen LogP contribution in [0.5, 0.6) is 23.0 Å². The van der Waals surface area contributed by atoms with E-state index < -0.39 is 18.0 Å². The lowest BCUT2D eigenvalue weighted by Gasteiger charge is -2.08. The Bertz CT molecular complexity index is 856. The van der Waals surface area contributed by atoms with Gasteiger partial charge in [-0.15, -0.1) is 0 Å². The maximum Gasteiger partial charge on any atom is 0.336 e. The number of rotatable bonds is 6. The number of phenols is 3. The van der Waals surface area contributed by atoms with Crippen molar-refractivity contribution in [1.29, 1.82) is 0 Å². The van der Waals surface area contributed by atoms with E-state index in [2.05, 4.69) is 0 Å². The first kappa shape index (κ1) is 18.8. The van der Waals surface area contributed by atoms with Gasteiger partial charge in [0.1, 0.15) is 0 Å². The summed E-state index contributed by atoms with van der Waals surface area (Å²) in [5.41, 5.74) is 0.798. The molecular formula is C18H16O8. The second-order valence-corrected chi connectivity index (χ2v) is 5.36. The molecule has 0 radical (unpaired) electrons. The molecule has 5 N–H and O–H groups in total. The molecule has 0 unspecified atom stereocenters. The highest BCUT2D eigenvalue weighted by Crippen LogP contribution is 2.28. The summed E-state index contributed by atoms with van der Waals surface area (Å²) in [5.74, 6) is -3.33. The summed E-state index contributed by atoms with van der Waals surface area (Å²) in [6.07, 6.45) is 0.595. The standard InChI is InChI=1S/C18H16O8/c19-12-4-1-10(7-13(12)20)3-6-17(23)26-16-5-2-11(8-14(16)21)9-15(22)18(24)25/h1-8,15,19-22H,9H2,(H,24,25)/b6-3-/t15-/m1/s1. The number of aliphatic carboxylic acids is 1. The summed E-state index contributed by atoms with van der Waals surface area (Å²) in [6.45, 7) is 0. The monoisotopic (exact) mass is 360 g/mol. The molecule has 0 heterocycles. The lowest BCUT2D eigenvalue weighted by atomic mass is 10.1. The molecule has 136 valence electrons. The van der Waals surface area contributed by atoms with Crippen molar-refractivity contribution in [2.45, 2.75) is 12.5 Å². The van der Waals surface area contributed by atoms with Gasteiger partial charge in [-0.3, -0.25) is 0 Å². The zero-order chi connectivity index (χ0) is 19.3. The Morgan fingerprint density at radius 2 is 1.73 bits per heavy atom. The smallest absolute Gasteiger partial charge is 0.336 e. The quantitative estimate of drug-likeness (QED) is 0.225. The van der Waals surface area contributed by atoms with Crippen molar-refractivity contribution in [2.75, 3.05) is 0 Å². The van der Waals surface area contributed by atoms with E-state index in [-0.39, 0.29) is 29.4 Å². The van der Waals surface area contributed by atoms with E-state index in [1.165, 1.54) is 42.5 Å². The first-order chi connectivity index (χ1) is 12.3. The number of carbonyl (C=O) groups excluding carboxylic acids is 1. The van der Waals surface area contributed by atoms with Gasteiger partial charge in [-0.1, -0.05) is 12.1 Å². The molecule has 0 saturated carbocycles. The number of aromatic hydroxyl groups is 3. The van der Waals surface area contributed by atoms with Crippen molar-refractivity contribution in [3.63, 3.8) is 0 Å². The largest absolute Gasteiger partial charge is 0.504 e. The lowest BCUT2D eigenvalue weighted by Crippen LogP contribution is -2.21. The Morgan fingerprint density at radius 1 is 1.00 bits per heavy atom. The van der Waals surface area contributed by atoms with Gasteiger partial charge in [0.2, 0.25) is 0 Å². The fourth-order valence-electron chi connectivity index (χ4n) is 2.04. The summed E-state index contributed by atoms with van der Waals surface area (Å²) in [6, 6.07) is 7.86. The van der Waals surface area contributed by atoms with E-state index in [0.717, 1.165) is 6.08 Å². The average Bonchev–Trinajstić information content (AvgIpc) is 2.58. The maximum atomic E-state index is 11.8. The molecule has 8 nitrogen and oxygen atoms in total. The number of carboxylic acid groups (broad SMARTS) is 1. The molecule has 1 atom stereocenters. The van der Waals surface area contributed by atoms with E-state index in [0.29, 0.717) is 11.1 Å². The van der Waals surface area contributed by atoms with Crippen LogP contribution in [0.3, 0.4) is 0 Å². The van der Waals surface area contributed by atoms with Crippen molar-refractivity contribution >= 4 is 18.0 Å². The molecule has 0 amide bonds. The van der Waals surface area contributed by atoms with Crippen molar-refractivity contribution < 1.29 is 39.9 Å². The fraction of sp³-hybridized carbons (Fsp3) is 0.111. The van der Waals surface area contributed by atoms with Crippen LogP contribution in [0.4, 0.5) is 0 Å². The van der Waals surface area contributed by atoms with Crippen LogP contribution >= 0.6 is 0 Å². The van der Waals surface area contributed by atoms with E-state index in [9.17, 15) is 30.0 Å². The van der Waals surface area contributed by atoms with Crippen LogP contribution in [0, 0.1) is 0 Å². The van der Waals surface area contributed by atoms with Crippen LogP contribution in [-0.4, -0.2) is 43.6 Å². The lowest BCUT2D eigenvalue weighted by molar-refractivity contribution is -0.146. The van der Waals surface area contributed by atoms with Crippen LogP contribution < -0.4 is 4.74 Å². The Balaban J connectivity index is 2.03. The second-order valence-electron chi connectivity index (χ2n) is 5.36. The van der Waals surface area contributed by atoms with E-state index >= 15 is 0 Å². The summed E-state index contributed by atoms with van der Waals surface area (Å²) in [4.78, 5) is 22.4. The van der Waals surface area contributed by atoms with Crippen LogP contribution in [0.1, 0.15) is 11.1 Å². The Kier molecular flexibility index (Phi) is 5.82. The van der Waals surface area contributed by atoms with Crippen LogP contribution in [0.2, 0.25) is 0 Å². The summed E-state index contributed by atoms with van der Waals surface area (Å²) >= 11 is 0. The number of carboxylic acids is 1. The zero-order valence-corrected chi connectivity index (χ0v) is 13.4. The zero-order valence-electron chi connectivity index (χ0n) is 13.4. The van der Waals surface area contributed by atoms with Gasteiger partial charge in [0.25, 0.3) is 0 Å². The molecule has 2 aromatic carbocycles. The van der Waals surface area contributed by atoms with E-state index in [1.807, 2.05) is 0 Å². The molecule has 2 aromatic rings. The SMILES string of the molecule is O=C(/C=C\c1ccc(O)c(O)c1)Oc1ccc(C[C@@H](O)C(=O)O)cc1O. The third-order valence-corrected chi connectivity index (χ3v) is 3.36. The molecule has 26 heavy (non-hydrogen) atoms. The number of esters is 1. The van der Waals surface area contributed by atoms with Crippen LogP contribution in [-0.2, 0) is 16.0 Å². The minimum Gasteiger partial charge on any atom is -0.504 e. The third-order valence-electron chi connectivity index (χ3n) is 3.36. The highest BCUT2D eigenvalue weighted by atomic mass is 16.5. The molecule has 0 saturated heterocycles. The Hall–Kier alpha value is -3.52. The highest BCUT2D eigenvalue weighted by molar-refractivity contribution is 5.89. The van der Waals surface area contributed by atoms with Gasteiger partial charge in [-0.2, -0.15) is 0 Å². The highest BCUT2D eigenvalue weighted by Gasteiger charge is 2.15. The average molecular weight is 360 g/mol.